The first-order valence-corrected chi connectivity index (χ1v) is 9.63. The second kappa shape index (κ2) is 9.72. The lowest BCUT2D eigenvalue weighted by atomic mass is 9.99. The third-order valence-electron chi connectivity index (χ3n) is 5.03. The molecule has 0 aliphatic heterocycles. The predicted octanol–water partition coefficient (Wildman–Crippen LogP) is 4.46. The van der Waals surface area contributed by atoms with Crippen LogP contribution in [-0.2, 0) is 0 Å². The minimum atomic E-state index is -0.255. The molecule has 0 aliphatic carbocycles. The number of halogens is 1. The van der Waals surface area contributed by atoms with Gasteiger partial charge in [0.15, 0.2) is 0 Å². The number of nitrogens with two attached hydrogens (primary N) is 1. The quantitative estimate of drug-likeness (QED) is 0.627. The number of aromatic nitrogens is 2. The van der Waals surface area contributed by atoms with Crippen molar-refractivity contribution in [3.05, 3.63) is 82.7 Å². The third kappa shape index (κ3) is 5.05. The van der Waals surface area contributed by atoms with E-state index in [2.05, 4.69) is 36.4 Å². The molecule has 1 unspecified atom stereocenters. The predicted molar refractivity (Wildman–Crippen MR) is 120 cm³/mol. The van der Waals surface area contributed by atoms with E-state index in [1.165, 1.54) is 5.56 Å². The van der Waals surface area contributed by atoms with E-state index in [1.807, 2.05) is 56.3 Å². The molecule has 2 aromatic carbocycles. The molecule has 3 rings (SSSR count). The summed E-state index contributed by atoms with van der Waals surface area (Å²) in [6.07, 6.45) is 0. The van der Waals surface area contributed by atoms with Crippen LogP contribution < -0.4 is 11.1 Å². The summed E-state index contributed by atoms with van der Waals surface area (Å²) in [5.41, 5.74) is 11.6. The van der Waals surface area contributed by atoms with Crippen molar-refractivity contribution in [2.75, 3.05) is 6.54 Å². The maximum absolute atomic E-state index is 12.8. The Morgan fingerprint density at radius 1 is 1.03 bits per heavy atom. The lowest BCUT2D eigenvalue weighted by Crippen LogP contribution is -2.32. The molecule has 1 amide bonds. The number of para-hydroxylation sites is 1. The largest absolute Gasteiger partial charge is 0.350 e. The molecule has 29 heavy (non-hydrogen) atoms. The smallest absolute Gasteiger partial charge is 0.255 e. The molecule has 6 heteroatoms. The van der Waals surface area contributed by atoms with Gasteiger partial charge in [-0.2, -0.15) is 5.10 Å². The second-order valence-corrected chi connectivity index (χ2v) is 7.43. The van der Waals surface area contributed by atoms with E-state index in [0.717, 1.165) is 16.9 Å². The Kier molecular flexibility index (Phi) is 7.59. The van der Waals surface area contributed by atoms with Crippen LogP contribution in [0.4, 0.5) is 0 Å². The number of nitrogens with zero attached hydrogens (tertiary/aromatic N) is 2. The van der Waals surface area contributed by atoms with E-state index < -0.39 is 0 Å². The maximum Gasteiger partial charge on any atom is 0.255 e. The van der Waals surface area contributed by atoms with Gasteiger partial charge in [0.2, 0.25) is 0 Å². The van der Waals surface area contributed by atoms with E-state index in [4.69, 9.17) is 5.73 Å². The molecule has 5 nitrogen and oxygen atoms in total. The molecular weight excluding hydrogens is 384 g/mol. The van der Waals surface area contributed by atoms with Crippen LogP contribution in [0.1, 0.15) is 58.7 Å². The Balaban J connectivity index is 0.00000300. The Morgan fingerprint density at radius 2 is 1.62 bits per heavy atom. The van der Waals surface area contributed by atoms with Gasteiger partial charge in [0, 0.05) is 12.6 Å². The number of amides is 1. The number of carbonyl (C=O) groups excluding carboxylic acids is 1. The van der Waals surface area contributed by atoms with Gasteiger partial charge in [0.25, 0.3) is 5.91 Å². The minimum Gasteiger partial charge on any atom is -0.350 e. The molecule has 1 heterocycles. The summed E-state index contributed by atoms with van der Waals surface area (Å²) in [4.78, 5) is 12.8. The van der Waals surface area contributed by atoms with Crippen LogP contribution in [0, 0.1) is 13.8 Å². The van der Waals surface area contributed by atoms with Gasteiger partial charge in [-0.1, -0.05) is 56.3 Å². The van der Waals surface area contributed by atoms with E-state index >= 15 is 0 Å². The fraction of sp³-hybridized carbons (Fsp3) is 0.304. The standard InChI is InChI=1S/C23H28N4O.ClH/c1-15(2)18-10-12-19(13-11-18)21(24)14-25-23(28)22-16(3)26-27(17(22)4)20-8-6-5-7-9-20;/h5-13,15,21H,14,24H2,1-4H3,(H,25,28);1H. The summed E-state index contributed by atoms with van der Waals surface area (Å²) >= 11 is 0. The number of aryl methyl sites for hydroxylation is 1. The maximum atomic E-state index is 12.8. The van der Waals surface area contributed by atoms with Gasteiger partial charge < -0.3 is 11.1 Å². The van der Waals surface area contributed by atoms with Crippen LogP contribution in [-0.4, -0.2) is 22.2 Å². The number of carbonyl (C=O) groups is 1. The van der Waals surface area contributed by atoms with Crippen molar-refractivity contribution in [2.45, 2.75) is 39.7 Å². The molecule has 0 bridgehead atoms. The second-order valence-electron chi connectivity index (χ2n) is 7.43. The Labute approximate surface area is 178 Å². The van der Waals surface area contributed by atoms with Gasteiger partial charge in [-0.25, -0.2) is 4.68 Å². The lowest BCUT2D eigenvalue weighted by molar-refractivity contribution is 0.0950. The molecule has 0 fully saturated rings. The average molecular weight is 413 g/mol. The first kappa shape index (κ1) is 22.7. The van der Waals surface area contributed by atoms with E-state index in [9.17, 15) is 4.79 Å². The zero-order chi connectivity index (χ0) is 20.3. The molecule has 0 radical (unpaired) electrons. The number of rotatable bonds is 6. The van der Waals surface area contributed by atoms with Crippen molar-refractivity contribution in [1.82, 2.24) is 15.1 Å². The number of benzene rings is 2. The molecule has 1 atom stereocenters. The van der Waals surface area contributed by atoms with Gasteiger partial charge in [-0.05, 0) is 43.0 Å². The molecule has 0 saturated heterocycles. The van der Waals surface area contributed by atoms with Crippen LogP contribution in [0.3, 0.4) is 0 Å². The normalized spacial score (nSPS) is 11.8. The SMILES string of the molecule is Cc1nn(-c2ccccc2)c(C)c1C(=O)NCC(N)c1ccc(C(C)C)cc1.Cl. The van der Waals surface area contributed by atoms with Gasteiger partial charge in [-0.15, -0.1) is 12.4 Å². The average Bonchev–Trinajstić information content (AvgIpc) is 3.00. The van der Waals surface area contributed by atoms with Crippen LogP contribution in [0.2, 0.25) is 0 Å². The van der Waals surface area contributed by atoms with Crippen LogP contribution in [0.25, 0.3) is 5.69 Å². The zero-order valence-corrected chi connectivity index (χ0v) is 18.2. The summed E-state index contributed by atoms with van der Waals surface area (Å²) in [5.74, 6) is 0.337. The highest BCUT2D eigenvalue weighted by atomic mass is 35.5. The molecule has 3 aromatic rings. The number of hydrogen-bond acceptors (Lipinski definition) is 3. The van der Waals surface area contributed by atoms with Crippen molar-refractivity contribution < 1.29 is 4.79 Å². The van der Waals surface area contributed by atoms with Gasteiger partial charge in [0.1, 0.15) is 0 Å². The van der Waals surface area contributed by atoms with Crippen LogP contribution in [0.15, 0.2) is 54.6 Å². The van der Waals surface area contributed by atoms with Crippen molar-refractivity contribution in [3.63, 3.8) is 0 Å². The van der Waals surface area contributed by atoms with E-state index in [0.29, 0.717) is 23.7 Å². The van der Waals surface area contributed by atoms with E-state index in [1.54, 1.807) is 4.68 Å². The van der Waals surface area contributed by atoms with E-state index in [-0.39, 0.29) is 24.4 Å². The molecule has 0 spiro atoms. The van der Waals surface area contributed by atoms with Crippen LogP contribution in [0.5, 0.6) is 0 Å². The zero-order valence-electron chi connectivity index (χ0n) is 17.3. The van der Waals surface area contributed by atoms with Crippen molar-refractivity contribution >= 4 is 18.3 Å². The summed E-state index contributed by atoms with van der Waals surface area (Å²) in [6, 6.07) is 17.8. The summed E-state index contributed by atoms with van der Waals surface area (Å²) < 4.78 is 1.80. The topological polar surface area (TPSA) is 72.9 Å². The molecule has 154 valence electrons. The first-order valence-electron chi connectivity index (χ1n) is 9.63. The van der Waals surface area contributed by atoms with Gasteiger partial charge in [0.05, 0.1) is 22.6 Å². The van der Waals surface area contributed by atoms with Crippen molar-refractivity contribution in [2.24, 2.45) is 5.73 Å². The molecule has 0 saturated carbocycles. The highest BCUT2D eigenvalue weighted by molar-refractivity contribution is 5.96. The van der Waals surface area contributed by atoms with Gasteiger partial charge >= 0.3 is 0 Å². The lowest BCUT2D eigenvalue weighted by Gasteiger charge is -2.15. The highest BCUT2D eigenvalue weighted by Crippen LogP contribution is 2.19. The Bertz CT molecular complexity index is 949. The molecule has 1 aromatic heterocycles. The monoisotopic (exact) mass is 412 g/mol. The van der Waals surface area contributed by atoms with Gasteiger partial charge in [-0.3, -0.25) is 4.79 Å². The van der Waals surface area contributed by atoms with Crippen molar-refractivity contribution in [3.8, 4) is 5.69 Å². The third-order valence-corrected chi connectivity index (χ3v) is 5.03. The Hall–Kier alpha value is -2.63. The fourth-order valence-corrected chi connectivity index (χ4v) is 3.33. The molecule has 0 aliphatic rings. The highest BCUT2D eigenvalue weighted by Gasteiger charge is 2.20. The molecular formula is C23H29ClN4O. The van der Waals surface area contributed by atoms with Crippen molar-refractivity contribution in [1.29, 1.82) is 0 Å². The fourth-order valence-electron chi connectivity index (χ4n) is 3.33. The Morgan fingerprint density at radius 3 is 2.21 bits per heavy atom. The molecule has 3 N–H and O–H groups in total. The number of hydrogen-bond donors (Lipinski definition) is 2. The summed E-state index contributed by atoms with van der Waals surface area (Å²) in [5, 5.41) is 7.50. The summed E-state index contributed by atoms with van der Waals surface area (Å²) in [6.45, 7) is 8.46. The minimum absolute atomic E-state index is 0. The first-order chi connectivity index (χ1) is 13.4. The van der Waals surface area contributed by atoms with Crippen LogP contribution >= 0.6 is 12.4 Å². The number of nitrogens with one attached hydrogen (secondary N) is 1. The summed E-state index contributed by atoms with van der Waals surface area (Å²) in [7, 11) is 0.